The molecular formula is C17H19N3O. The largest absolute Gasteiger partial charge is 0.397 e. The minimum absolute atomic E-state index is 0.236. The fourth-order valence-corrected chi connectivity index (χ4v) is 2.59. The van der Waals surface area contributed by atoms with Crippen molar-refractivity contribution in [3.05, 3.63) is 54.1 Å². The molecule has 0 aliphatic carbocycles. The van der Waals surface area contributed by atoms with Crippen molar-refractivity contribution in [1.82, 2.24) is 4.90 Å². The smallest absolute Gasteiger partial charge is 0.222 e. The maximum Gasteiger partial charge on any atom is 0.222 e. The lowest BCUT2D eigenvalue weighted by atomic mass is 10.1. The maximum absolute atomic E-state index is 11.7. The van der Waals surface area contributed by atoms with Gasteiger partial charge in [0, 0.05) is 25.2 Å². The first-order valence-electron chi connectivity index (χ1n) is 7.20. The maximum atomic E-state index is 11.7. The van der Waals surface area contributed by atoms with Crippen LogP contribution in [0.5, 0.6) is 0 Å². The van der Waals surface area contributed by atoms with Crippen LogP contribution in [-0.4, -0.2) is 17.4 Å². The molecule has 0 radical (unpaired) electrons. The van der Waals surface area contributed by atoms with Gasteiger partial charge in [0.05, 0.1) is 11.4 Å². The van der Waals surface area contributed by atoms with Crippen molar-refractivity contribution < 1.29 is 4.79 Å². The Morgan fingerprint density at radius 2 is 1.95 bits per heavy atom. The number of para-hydroxylation sites is 1. The Kier molecular flexibility index (Phi) is 3.77. The first-order valence-corrected chi connectivity index (χ1v) is 7.20. The number of nitrogens with one attached hydrogen (secondary N) is 1. The summed E-state index contributed by atoms with van der Waals surface area (Å²) in [7, 11) is 0. The van der Waals surface area contributed by atoms with E-state index in [2.05, 4.69) is 5.32 Å². The standard InChI is InChI=1S/C17H19N3O/c18-15-11-13(12-20-10-4-7-17(20)21)8-9-16(15)19-14-5-2-1-3-6-14/h1-3,5-6,8-9,11,19H,4,7,10,12,18H2. The van der Waals surface area contributed by atoms with Gasteiger partial charge in [-0.2, -0.15) is 0 Å². The minimum Gasteiger partial charge on any atom is -0.397 e. The second-order valence-corrected chi connectivity index (χ2v) is 5.33. The third kappa shape index (κ3) is 3.16. The Labute approximate surface area is 124 Å². The number of benzene rings is 2. The van der Waals surface area contributed by atoms with Crippen LogP contribution in [0.2, 0.25) is 0 Å². The Morgan fingerprint density at radius 3 is 2.62 bits per heavy atom. The molecule has 4 heteroatoms. The minimum atomic E-state index is 0.236. The molecule has 0 saturated carbocycles. The Hall–Kier alpha value is -2.49. The molecule has 3 rings (SSSR count). The number of hydrogen-bond donors (Lipinski definition) is 2. The van der Waals surface area contributed by atoms with Crippen molar-refractivity contribution in [2.75, 3.05) is 17.6 Å². The molecule has 0 bridgehead atoms. The molecule has 1 saturated heterocycles. The van der Waals surface area contributed by atoms with Gasteiger partial charge in [0.25, 0.3) is 0 Å². The van der Waals surface area contributed by atoms with Crippen LogP contribution in [0.15, 0.2) is 48.5 Å². The zero-order valence-electron chi connectivity index (χ0n) is 11.9. The Bertz CT molecular complexity index is 640. The molecular weight excluding hydrogens is 262 g/mol. The Balaban J connectivity index is 1.72. The number of carbonyl (C=O) groups excluding carboxylic acids is 1. The molecule has 1 aliphatic rings. The third-order valence-electron chi connectivity index (χ3n) is 3.71. The fraction of sp³-hybridized carbons (Fsp3) is 0.235. The van der Waals surface area contributed by atoms with Crippen molar-refractivity contribution in [3.63, 3.8) is 0 Å². The zero-order chi connectivity index (χ0) is 14.7. The van der Waals surface area contributed by atoms with Gasteiger partial charge in [0.2, 0.25) is 5.91 Å². The highest BCUT2D eigenvalue weighted by molar-refractivity contribution is 5.78. The average Bonchev–Trinajstić information content (AvgIpc) is 2.88. The van der Waals surface area contributed by atoms with Crippen LogP contribution >= 0.6 is 0 Å². The van der Waals surface area contributed by atoms with Gasteiger partial charge in [-0.15, -0.1) is 0 Å². The van der Waals surface area contributed by atoms with Crippen molar-refractivity contribution in [2.45, 2.75) is 19.4 Å². The van der Waals surface area contributed by atoms with Crippen molar-refractivity contribution in [1.29, 1.82) is 0 Å². The molecule has 2 aromatic carbocycles. The van der Waals surface area contributed by atoms with Crippen molar-refractivity contribution >= 4 is 23.0 Å². The number of likely N-dealkylation sites (tertiary alicyclic amines) is 1. The molecule has 2 aromatic rings. The van der Waals surface area contributed by atoms with Crippen molar-refractivity contribution in [2.24, 2.45) is 0 Å². The van der Waals surface area contributed by atoms with Crippen molar-refractivity contribution in [3.8, 4) is 0 Å². The number of amides is 1. The van der Waals surface area contributed by atoms with Crippen LogP contribution in [0.25, 0.3) is 0 Å². The zero-order valence-corrected chi connectivity index (χ0v) is 11.9. The Morgan fingerprint density at radius 1 is 1.14 bits per heavy atom. The number of nitrogens with two attached hydrogens (primary N) is 1. The summed E-state index contributed by atoms with van der Waals surface area (Å²) in [5, 5.41) is 3.30. The van der Waals surface area contributed by atoms with Crippen LogP contribution in [0.4, 0.5) is 17.1 Å². The van der Waals surface area contributed by atoms with Crippen LogP contribution < -0.4 is 11.1 Å². The summed E-state index contributed by atoms with van der Waals surface area (Å²) in [4.78, 5) is 13.5. The third-order valence-corrected chi connectivity index (χ3v) is 3.71. The van der Waals surface area contributed by atoms with E-state index in [0.29, 0.717) is 18.7 Å². The molecule has 0 aromatic heterocycles. The molecule has 1 amide bonds. The number of hydrogen-bond acceptors (Lipinski definition) is 3. The van der Waals surface area contributed by atoms with E-state index >= 15 is 0 Å². The van der Waals surface area contributed by atoms with Gasteiger partial charge >= 0.3 is 0 Å². The summed E-state index contributed by atoms with van der Waals surface area (Å²) in [6.07, 6.45) is 1.63. The second-order valence-electron chi connectivity index (χ2n) is 5.33. The molecule has 3 N–H and O–H groups in total. The number of anilines is 3. The summed E-state index contributed by atoms with van der Waals surface area (Å²) in [5.74, 6) is 0.236. The van der Waals surface area contributed by atoms with Gasteiger partial charge in [-0.25, -0.2) is 0 Å². The van der Waals surface area contributed by atoms with E-state index in [9.17, 15) is 4.79 Å². The fourth-order valence-electron chi connectivity index (χ4n) is 2.59. The molecule has 108 valence electrons. The van der Waals surface area contributed by atoms with Gasteiger partial charge in [0.1, 0.15) is 0 Å². The van der Waals surface area contributed by atoms with E-state index in [1.165, 1.54) is 0 Å². The van der Waals surface area contributed by atoms with Crippen LogP contribution in [0, 0.1) is 0 Å². The number of nitrogens with zero attached hydrogens (tertiary/aromatic N) is 1. The lowest BCUT2D eigenvalue weighted by molar-refractivity contribution is -0.128. The molecule has 1 aliphatic heterocycles. The van der Waals surface area contributed by atoms with E-state index < -0.39 is 0 Å². The van der Waals surface area contributed by atoms with Crippen LogP contribution in [-0.2, 0) is 11.3 Å². The molecule has 1 heterocycles. The SMILES string of the molecule is Nc1cc(CN2CCCC2=O)ccc1Nc1ccccc1. The van der Waals surface area contributed by atoms with E-state index in [-0.39, 0.29) is 5.91 Å². The van der Waals surface area contributed by atoms with Crippen LogP contribution in [0.1, 0.15) is 18.4 Å². The van der Waals surface area contributed by atoms with Gasteiger partial charge in [-0.1, -0.05) is 24.3 Å². The summed E-state index contributed by atoms with van der Waals surface area (Å²) in [6, 6.07) is 15.9. The number of rotatable bonds is 4. The average molecular weight is 281 g/mol. The second kappa shape index (κ2) is 5.87. The summed E-state index contributed by atoms with van der Waals surface area (Å²) in [5.41, 5.74) is 9.77. The summed E-state index contributed by atoms with van der Waals surface area (Å²) in [6.45, 7) is 1.50. The molecule has 21 heavy (non-hydrogen) atoms. The monoisotopic (exact) mass is 281 g/mol. The highest BCUT2D eigenvalue weighted by Gasteiger charge is 2.20. The van der Waals surface area contributed by atoms with Gasteiger partial charge in [0.15, 0.2) is 0 Å². The topological polar surface area (TPSA) is 58.4 Å². The molecule has 0 atom stereocenters. The number of carbonyl (C=O) groups is 1. The van der Waals surface area contributed by atoms with E-state index in [0.717, 1.165) is 29.9 Å². The lowest BCUT2D eigenvalue weighted by Crippen LogP contribution is -2.23. The highest BCUT2D eigenvalue weighted by atomic mass is 16.2. The molecule has 0 spiro atoms. The highest BCUT2D eigenvalue weighted by Crippen LogP contribution is 2.25. The molecule has 1 fully saturated rings. The van der Waals surface area contributed by atoms with E-state index in [4.69, 9.17) is 5.73 Å². The molecule has 4 nitrogen and oxygen atoms in total. The summed E-state index contributed by atoms with van der Waals surface area (Å²) < 4.78 is 0. The predicted octanol–water partition coefficient (Wildman–Crippen LogP) is 3.13. The normalized spacial score (nSPS) is 14.5. The van der Waals surface area contributed by atoms with Gasteiger partial charge < -0.3 is 16.0 Å². The first kappa shape index (κ1) is 13.5. The van der Waals surface area contributed by atoms with Gasteiger partial charge in [-0.05, 0) is 36.2 Å². The first-order chi connectivity index (χ1) is 10.2. The van der Waals surface area contributed by atoms with E-state index in [1.54, 1.807) is 0 Å². The lowest BCUT2D eigenvalue weighted by Gasteiger charge is -2.17. The quantitative estimate of drug-likeness (QED) is 0.846. The van der Waals surface area contributed by atoms with Gasteiger partial charge in [-0.3, -0.25) is 4.79 Å². The van der Waals surface area contributed by atoms with E-state index in [1.807, 2.05) is 53.4 Å². The predicted molar refractivity (Wildman–Crippen MR) is 85.2 cm³/mol. The summed E-state index contributed by atoms with van der Waals surface area (Å²) >= 11 is 0. The number of nitrogen functional groups attached to an aromatic ring is 1. The van der Waals surface area contributed by atoms with Crippen LogP contribution in [0.3, 0.4) is 0 Å². The molecule has 0 unspecified atom stereocenters.